The van der Waals surface area contributed by atoms with Crippen LogP contribution in [-0.2, 0) is 11.3 Å². The van der Waals surface area contributed by atoms with E-state index in [-0.39, 0.29) is 6.10 Å². The maximum absolute atomic E-state index is 6.60. The van der Waals surface area contributed by atoms with Crippen LogP contribution in [0.2, 0.25) is 10.2 Å². The molecule has 1 aliphatic rings. The van der Waals surface area contributed by atoms with E-state index in [0.29, 0.717) is 16.7 Å². The first-order chi connectivity index (χ1) is 11.7. The molecule has 0 saturated carbocycles. The molecule has 1 aliphatic heterocycles. The van der Waals surface area contributed by atoms with E-state index in [2.05, 4.69) is 10.3 Å². The summed E-state index contributed by atoms with van der Waals surface area (Å²) in [5.41, 5.74) is 1.65. The fraction of sp³-hybridized carbons (Fsp3) is 0.353. The number of thiophene rings is 1. The lowest BCUT2D eigenvalue weighted by atomic mass is 10.1. The van der Waals surface area contributed by atoms with Gasteiger partial charge < -0.3 is 14.5 Å². The first-order valence-electron chi connectivity index (χ1n) is 7.88. The molecule has 0 aromatic carbocycles. The molecule has 0 bridgehead atoms. The second-order valence-electron chi connectivity index (χ2n) is 5.74. The number of hydrogen-bond acceptors (Lipinski definition) is 5. The standard InChI is InChI=1S/C17H16Cl2N2O2S/c18-13-8-11(20-9-10-4-3-7-22-10)16-15(21-13)14(19)17(24-16)12-5-1-2-6-23-12/h3-4,7-8,12H,1-2,5-6,9H2,(H,20,21)/t12-/m1/s1. The molecule has 1 fully saturated rings. The highest BCUT2D eigenvalue weighted by Crippen LogP contribution is 2.45. The predicted octanol–water partition coefficient (Wildman–Crippen LogP) is 6.05. The first-order valence-corrected chi connectivity index (χ1v) is 9.46. The fourth-order valence-corrected chi connectivity index (χ4v) is 4.74. The third-order valence-corrected chi connectivity index (χ3v) is 6.08. The molecule has 0 aliphatic carbocycles. The number of halogens is 2. The highest BCUT2D eigenvalue weighted by molar-refractivity contribution is 7.20. The number of rotatable bonds is 4. The molecule has 7 heteroatoms. The Morgan fingerprint density at radius 1 is 1.33 bits per heavy atom. The number of pyridine rings is 1. The monoisotopic (exact) mass is 382 g/mol. The summed E-state index contributed by atoms with van der Waals surface area (Å²) in [7, 11) is 0. The highest BCUT2D eigenvalue weighted by atomic mass is 35.5. The number of nitrogens with one attached hydrogen (secondary N) is 1. The molecule has 1 atom stereocenters. The molecule has 0 unspecified atom stereocenters. The molecule has 0 amide bonds. The van der Waals surface area contributed by atoms with Crippen molar-refractivity contribution >= 4 is 50.4 Å². The number of hydrogen-bond donors (Lipinski definition) is 1. The minimum absolute atomic E-state index is 0.0575. The van der Waals surface area contributed by atoms with Crippen LogP contribution in [0.25, 0.3) is 10.2 Å². The van der Waals surface area contributed by atoms with E-state index in [1.165, 1.54) is 0 Å². The fourth-order valence-electron chi connectivity index (χ4n) is 2.91. The van der Waals surface area contributed by atoms with Gasteiger partial charge in [0.25, 0.3) is 0 Å². The Hall–Kier alpha value is -1.27. The molecule has 24 heavy (non-hydrogen) atoms. The average molecular weight is 383 g/mol. The molecule has 0 spiro atoms. The summed E-state index contributed by atoms with van der Waals surface area (Å²) in [6.07, 6.45) is 4.98. The van der Waals surface area contributed by atoms with E-state index in [1.54, 1.807) is 17.6 Å². The zero-order valence-corrected chi connectivity index (χ0v) is 15.2. The molecule has 126 valence electrons. The second-order valence-corrected chi connectivity index (χ2v) is 7.56. The van der Waals surface area contributed by atoms with Gasteiger partial charge in [-0.1, -0.05) is 23.2 Å². The number of fused-ring (bicyclic) bond motifs is 1. The van der Waals surface area contributed by atoms with E-state index >= 15 is 0 Å². The van der Waals surface area contributed by atoms with Crippen LogP contribution < -0.4 is 5.32 Å². The van der Waals surface area contributed by atoms with Crippen molar-refractivity contribution in [3.63, 3.8) is 0 Å². The van der Waals surface area contributed by atoms with Crippen molar-refractivity contribution in [3.05, 3.63) is 45.3 Å². The lowest BCUT2D eigenvalue weighted by molar-refractivity contribution is 0.0173. The van der Waals surface area contributed by atoms with E-state index in [0.717, 1.165) is 52.4 Å². The van der Waals surface area contributed by atoms with Crippen LogP contribution in [0.1, 0.15) is 36.0 Å². The number of anilines is 1. The van der Waals surface area contributed by atoms with E-state index < -0.39 is 0 Å². The minimum Gasteiger partial charge on any atom is -0.467 e. The molecule has 4 nitrogen and oxygen atoms in total. The Labute approximate surface area is 153 Å². The van der Waals surface area contributed by atoms with Gasteiger partial charge in [-0.25, -0.2) is 4.98 Å². The maximum Gasteiger partial charge on any atom is 0.131 e. The third-order valence-electron chi connectivity index (χ3n) is 4.08. The zero-order chi connectivity index (χ0) is 16.5. The summed E-state index contributed by atoms with van der Waals surface area (Å²) in [4.78, 5) is 5.46. The predicted molar refractivity (Wildman–Crippen MR) is 98.2 cm³/mol. The Balaban J connectivity index is 1.70. The van der Waals surface area contributed by atoms with Gasteiger partial charge in [0.05, 0.1) is 39.2 Å². The Bertz CT molecular complexity index is 842. The van der Waals surface area contributed by atoms with E-state index in [1.807, 2.05) is 18.2 Å². The van der Waals surface area contributed by atoms with Crippen molar-refractivity contribution in [2.75, 3.05) is 11.9 Å². The number of ether oxygens (including phenoxy) is 1. The Morgan fingerprint density at radius 3 is 3.00 bits per heavy atom. The van der Waals surface area contributed by atoms with Crippen LogP contribution in [0, 0.1) is 0 Å². The summed E-state index contributed by atoms with van der Waals surface area (Å²) < 4.78 is 12.3. The van der Waals surface area contributed by atoms with Gasteiger partial charge in [-0.3, -0.25) is 0 Å². The third kappa shape index (κ3) is 3.14. The van der Waals surface area contributed by atoms with Gasteiger partial charge in [-0.2, -0.15) is 0 Å². The van der Waals surface area contributed by atoms with Gasteiger partial charge in [0.2, 0.25) is 0 Å². The maximum atomic E-state index is 6.60. The minimum atomic E-state index is 0.0575. The van der Waals surface area contributed by atoms with Crippen molar-refractivity contribution in [2.24, 2.45) is 0 Å². The van der Waals surface area contributed by atoms with E-state index in [4.69, 9.17) is 32.4 Å². The smallest absolute Gasteiger partial charge is 0.131 e. The summed E-state index contributed by atoms with van der Waals surface area (Å²) in [5, 5.41) is 4.44. The quantitative estimate of drug-likeness (QED) is 0.557. The number of aromatic nitrogens is 1. The van der Waals surface area contributed by atoms with Gasteiger partial charge in [0.1, 0.15) is 16.4 Å². The van der Waals surface area contributed by atoms with Crippen LogP contribution >= 0.6 is 34.5 Å². The van der Waals surface area contributed by atoms with Crippen LogP contribution in [0.5, 0.6) is 0 Å². The number of nitrogens with zero attached hydrogens (tertiary/aromatic N) is 1. The molecule has 1 N–H and O–H groups in total. The number of furan rings is 1. The molecule has 3 aromatic heterocycles. The van der Waals surface area contributed by atoms with Gasteiger partial charge in [0, 0.05) is 12.7 Å². The van der Waals surface area contributed by atoms with Gasteiger partial charge in [-0.05, 0) is 31.4 Å². The summed E-state index contributed by atoms with van der Waals surface area (Å²) in [5.74, 6) is 0.856. The highest BCUT2D eigenvalue weighted by Gasteiger charge is 2.24. The first kappa shape index (κ1) is 16.2. The van der Waals surface area contributed by atoms with Crippen LogP contribution in [0.4, 0.5) is 5.69 Å². The molecular formula is C17H16Cl2N2O2S. The lowest BCUT2D eigenvalue weighted by Crippen LogP contribution is -2.10. The average Bonchev–Trinajstić information content (AvgIpc) is 3.22. The second kappa shape index (κ2) is 6.92. The molecule has 4 heterocycles. The molecule has 4 rings (SSSR count). The Kier molecular flexibility index (Phi) is 4.68. The lowest BCUT2D eigenvalue weighted by Gasteiger charge is -2.21. The molecule has 0 radical (unpaired) electrons. The summed E-state index contributed by atoms with van der Waals surface area (Å²) >= 11 is 14.4. The molecule has 3 aromatic rings. The van der Waals surface area contributed by atoms with Crippen molar-refractivity contribution in [1.29, 1.82) is 0 Å². The van der Waals surface area contributed by atoms with Crippen molar-refractivity contribution < 1.29 is 9.15 Å². The van der Waals surface area contributed by atoms with Crippen LogP contribution in [0.15, 0.2) is 28.9 Å². The van der Waals surface area contributed by atoms with Gasteiger partial charge in [0.15, 0.2) is 0 Å². The SMILES string of the molecule is Clc1cc(NCc2ccco2)c2sc([C@H]3CCCCO3)c(Cl)c2n1. The largest absolute Gasteiger partial charge is 0.467 e. The normalized spacial score (nSPS) is 18.2. The zero-order valence-electron chi connectivity index (χ0n) is 12.9. The van der Waals surface area contributed by atoms with Crippen molar-refractivity contribution in [3.8, 4) is 0 Å². The van der Waals surface area contributed by atoms with Gasteiger partial charge >= 0.3 is 0 Å². The van der Waals surface area contributed by atoms with Crippen LogP contribution in [0.3, 0.4) is 0 Å². The summed E-state index contributed by atoms with van der Waals surface area (Å²) in [6.45, 7) is 1.36. The van der Waals surface area contributed by atoms with Crippen molar-refractivity contribution in [2.45, 2.75) is 31.9 Å². The van der Waals surface area contributed by atoms with Crippen LogP contribution in [-0.4, -0.2) is 11.6 Å². The van der Waals surface area contributed by atoms with Crippen molar-refractivity contribution in [1.82, 2.24) is 4.98 Å². The molecule has 1 saturated heterocycles. The summed E-state index contributed by atoms with van der Waals surface area (Å²) in [6, 6.07) is 5.62. The van der Waals surface area contributed by atoms with Gasteiger partial charge in [-0.15, -0.1) is 11.3 Å². The molecular weight excluding hydrogens is 367 g/mol. The topological polar surface area (TPSA) is 47.3 Å². The van der Waals surface area contributed by atoms with E-state index in [9.17, 15) is 0 Å². The Morgan fingerprint density at radius 2 is 2.25 bits per heavy atom.